The molecular formula is C44H24N4O2. The quantitative estimate of drug-likeness (QED) is 0.188. The number of rotatable bonds is 2. The lowest BCUT2D eigenvalue weighted by atomic mass is 10.0. The first-order valence-corrected chi connectivity index (χ1v) is 16.7. The second-order valence-corrected chi connectivity index (χ2v) is 13.0. The van der Waals surface area contributed by atoms with E-state index in [-0.39, 0.29) is 0 Å². The van der Waals surface area contributed by atoms with Crippen molar-refractivity contribution in [1.82, 2.24) is 9.13 Å². The van der Waals surface area contributed by atoms with Crippen molar-refractivity contribution in [1.29, 1.82) is 10.5 Å². The molecule has 6 heteroatoms. The van der Waals surface area contributed by atoms with Crippen molar-refractivity contribution in [3.63, 3.8) is 0 Å². The summed E-state index contributed by atoms with van der Waals surface area (Å²) in [6, 6.07) is 41.6. The van der Waals surface area contributed by atoms with Crippen LogP contribution in [0, 0.1) is 22.7 Å². The SMILES string of the molecule is N#Cc1cc(-n2c3ccccc3c3c4oc5ccccc5c4ccc32)c(C#N)cc1-n1c2ccccc2c2c3oc4c(c3ccc21)C=CCC4. The molecule has 0 unspecified atom stereocenters. The van der Waals surface area contributed by atoms with Gasteiger partial charge in [0, 0.05) is 38.9 Å². The maximum atomic E-state index is 10.8. The molecule has 6 nitrogen and oxygen atoms in total. The topological polar surface area (TPSA) is 83.7 Å². The maximum Gasteiger partial charge on any atom is 0.145 e. The predicted molar refractivity (Wildman–Crippen MR) is 199 cm³/mol. The maximum absolute atomic E-state index is 10.8. The Kier molecular flexibility index (Phi) is 5.27. The monoisotopic (exact) mass is 640 g/mol. The van der Waals surface area contributed by atoms with Crippen LogP contribution in [0.3, 0.4) is 0 Å². The van der Waals surface area contributed by atoms with Crippen LogP contribution < -0.4 is 0 Å². The first-order valence-electron chi connectivity index (χ1n) is 16.7. The Morgan fingerprint density at radius 2 is 1.10 bits per heavy atom. The van der Waals surface area contributed by atoms with Crippen LogP contribution in [0.2, 0.25) is 0 Å². The molecule has 4 heterocycles. The Hall–Kier alpha value is -7.02. The van der Waals surface area contributed by atoms with Crippen LogP contribution >= 0.6 is 0 Å². The van der Waals surface area contributed by atoms with Gasteiger partial charge in [0.2, 0.25) is 0 Å². The predicted octanol–water partition coefficient (Wildman–Crippen LogP) is 11.2. The summed E-state index contributed by atoms with van der Waals surface area (Å²) in [6.45, 7) is 0. The van der Waals surface area contributed by atoms with E-state index in [9.17, 15) is 10.5 Å². The highest BCUT2D eigenvalue weighted by molar-refractivity contribution is 6.24. The van der Waals surface area contributed by atoms with Gasteiger partial charge in [-0.1, -0.05) is 66.7 Å². The second-order valence-electron chi connectivity index (χ2n) is 13.0. The molecule has 11 rings (SSSR count). The summed E-state index contributed by atoms with van der Waals surface area (Å²) < 4.78 is 17.3. The Morgan fingerprint density at radius 1 is 0.540 bits per heavy atom. The van der Waals surface area contributed by atoms with Gasteiger partial charge in [-0.15, -0.1) is 0 Å². The summed E-state index contributed by atoms with van der Waals surface area (Å²) in [5.74, 6) is 1.01. The molecule has 10 aromatic rings. The summed E-state index contributed by atoms with van der Waals surface area (Å²) in [6.07, 6.45) is 6.19. The molecule has 0 radical (unpaired) electrons. The fourth-order valence-electron chi connectivity index (χ4n) is 8.34. The Balaban J connectivity index is 1.22. The van der Waals surface area contributed by atoms with Crippen LogP contribution in [0.15, 0.2) is 124 Å². The molecule has 0 saturated heterocycles. The second kappa shape index (κ2) is 9.76. The van der Waals surface area contributed by atoms with Gasteiger partial charge in [0.15, 0.2) is 0 Å². The van der Waals surface area contributed by atoms with Crippen LogP contribution in [0.4, 0.5) is 0 Å². The minimum absolute atomic E-state index is 0.456. The number of allylic oxidation sites excluding steroid dienone is 1. The molecule has 0 atom stereocenters. The van der Waals surface area contributed by atoms with E-state index in [1.807, 2.05) is 54.6 Å². The summed E-state index contributed by atoms with van der Waals surface area (Å²) in [4.78, 5) is 0. The smallest absolute Gasteiger partial charge is 0.145 e. The summed E-state index contributed by atoms with van der Waals surface area (Å²) in [5.41, 5.74) is 9.53. The van der Waals surface area contributed by atoms with E-state index in [1.54, 1.807) is 0 Å². The van der Waals surface area contributed by atoms with Crippen molar-refractivity contribution in [2.75, 3.05) is 0 Å². The van der Waals surface area contributed by atoms with Gasteiger partial charge in [0.25, 0.3) is 0 Å². The Bertz CT molecular complexity index is 3240. The number of aryl methyl sites for hydroxylation is 1. The lowest BCUT2D eigenvalue weighted by molar-refractivity contribution is 0.549. The largest absolute Gasteiger partial charge is 0.460 e. The van der Waals surface area contributed by atoms with Crippen LogP contribution in [0.1, 0.15) is 28.9 Å². The Morgan fingerprint density at radius 3 is 1.74 bits per heavy atom. The highest BCUT2D eigenvalue weighted by Crippen LogP contribution is 2.44. The van der Waals surface area contributed by atoms with E-state index in [2.05, 4.69) is 88.0 Å². The van der Waals surface area contributed by atoms with Crippen molar-refractivity contribution >= 4 is 82.6 Å². The zero-order valence-electron chi connectivity index (χ0n) is 26.6. The molecule has 0 N–H and O–H groups in total. The van der Waals surface area contributed by atoms with Gasteiger partial charge < -0.3 is 18.0 Å². The number of aromatic nitrogens is 2. The van der Waals surface area contributed by atoms with Crippen LogP contribution in [-0.2, 0) is 6.42 Å². The van der Waals surface area contributed by atoms with Crippen molar-refractivity contribution < 1.29 is 8.83 Å². The molecule has 0 fully saturated rings. The van der Waals surface area contributed by atoms with Crippen LogP contribution in [-0.4, -0.2) is 9.13 Å². The average Bonchev–Trinajstić information content (AvgIpc) is 3.91. The molecule has 0 saturated carbocycles. The third kappa shape index (κ3) is 3.39. The minimum Gasteiger partial charge on any atom is -0.460 e. The average molecular weight is 641 g/mol. The lowest BCUT2D eigenvalue weighted by Gasteiger charge is -2.15. The molecule has 0 spiro atoms. The molecular weight excluding hydrogens is 617 g/mol. The lowest BCUT2D eigenvalue weighted by Crippen LogP contribution is -2.04. The van der Waals surface area contributed by atoms with E-state index in [0.29, 0.717) is 22.5 Å². The van der Waals surface area contributed by atoms with Gasteiger partial charge in [-0.25, -0.2) is 0 Å². The van der Waals surface area contributed by atoms with E-state index < -0.39 is 0 Å². The van der Waals surface area contributed by atoms with E-state index in [1.165, 1.54) is 0 Å². The summed E-state index contributed by atoms with van der Waals surface area (Å²) in [7, 11) is 0. The van der Waals surface area contributed by atoms with Crippen LogP contribution in [0.25, 0.3) is 94.0 Å². The standard InChI is InChI=1S/C44H24N4O2/c45-23-25-22-38(48-34-14-6-2-12-32(34)42-36(48)20-18-30-28-10-4-8-16-40(28)50-44(30)42)26(24-46)21-37(25)47-33-13-5-1-11-31(33)41-35(47)19-17-29-27-9-3-7-15-39(27)49-43(29)41/h1-7,9-15,17-22H,8,16H2. The first kappa shape index (κ1) is 27.0. The van der Waals surface area contributed by atoms with E-state index in [0.717, 1.165) is 101 Å². The van der Waals surface area contributed by atoms with Crippen molar-refractivity contribution in [2.45, 2.75) is 12.8 Å². The molecule has 1 aliphatic rings. The number of nitrogens with zero attached hydrogens (tertiary/aromatic N) is 4. The van der Waals surface area contributed by atoms with Crippen molar-refractivity contribution in [3.05, 3.63) is 138 Å². The molecule has 0 bridgehead atoms. The van der Waals surface area contributed by atoms with Gasteiger partial charge >= 0.3 is 0 Å². The van der Waals surface area contributed by atoms with Crippen molar-refractivity contribution in [2.24, 2.45) is 0 Å². The van der Waals surface area contributed by atoms with Gasteiger partial charge in [-0.05, 0) is 61.0 Å². The van der Waals surface area contributed by atoms with Gasteiger partial charge in [0.1, 0.15) is 34.6 Å². The molecule has 50 heavy (non-hydrogen) atoms. The van der Waals surface area contributed by atoms with E-state index >= 15 is 0 Å². The zero-order chi connectivity index (χ0) is 33.1. The zero-order valence-corrected chi connectivity index (χ0v) is 26.6. The number of benzene rings is 6. The molecule has 232 valence electrons. The van der Waals surface area contributed by atoms with Crippen LogP contribution in [0.5, 0.6) is 0 Å². The van der Waals surface area contributed by atoms with E-state index in [4.69, 9.17) is 8.83 Å². The number of furan rings is 2. The molecule has 0 amide bonds. The highest BCUT2D eigenvalue weighted by Gasteiger charge is 2.25. The summed E-state index contributed by atoms with van der Waals surface area (Å²) >= 11 is 0. The first-order chi connectivity index (χ1) is 24.7. The minimum atomic E-state index is 0.456. The number of para-hydroxylation sites is 3. The van der Waals surface area contributed by atoms with Crippen molar-refractivity contribution in [3.8, 4) is 23.5 Å². The highest BCUT2D eigenvalue weighted by atomic mass is 16.3. The molecule has 1 aliphatic carbocycles. The molecule has 0 aliphatic heterocycles. The molecule has 6 aromatic carbocycles. The molecule has 4 aromatic heterocycles. The summed E-state index contributed by atoms with van der Waals surface area (Å²) in [5, 5.41) is 28.8. The normalized spacial score (nSPS) is 12.9. The Labute approximate surface area is 284 Å². The third-order valence-corrected chi connectivity index (χ3v) is 10.4. The third-order valence-electron chi connectivity index (χ3n) is 10.4. The number of nitriles is 2. The number of hydrogen-bond acceptors (Lipinski definition) is 4. The van der Waals surface area contributed by atoms with Gasteiger partial charge in [-0.2, -0.15) is 10.5 Å². The number of fused-ring (bicyclic) bond motifs is 14. The fraction of sp³-hybridized carbons (Fsp3) is 0.0455. The van der Waals surface area contributed by atoms with Gasteiger partial charge in [0.05, 0.1) is 55.3 Å². The fourth-order valence-corrected chi connectivity index (χ4v) is 8.34. The number of hydrogen-bond donors (Lipinski definition) is 0. The van der Waals surface area contributed by atoms with Gasteiger partial charge in [-0.3, -0.25) is 0 Å².